The lowest BCUT2D eigenvalue weighted by Gasteiger charge is -2.16. The quantitative estimate of drug-likeness (QED) is 0.622. The van der Waals surface area contributed by atoms with Gasteiger partial charge in [-0.25, -0.2) is 0 Å². The molecule has 124 valence electrons. The van der Waals surface area contributed by atoms with Crippen LogP contribution < -0.4 is 4.74 Å². The monoisotopic (exact) mass is 326 g/mol. The molecule has 1 saturated heterocycles. The second-order valence-corrected chi connectivity index (χ2v) is 5.70. The summed E-state index contributed by atoms with van der Waals surface area (Å²) in [6.45, 7) is 1.60. The molecule has 0 atom stereocenters. The van der Waals surface area contributed by atoms with Crippen LogP contribution in [0.2, 0.25) is 0 Å². The number of nitrogens with zero attached hydrogens (tertiary/aromatic N) is 2. The van der Waals surface area contributed by atoms with Crippen molar-refractivity contribution in [3.8, 4) is 11.5 Å². The first-order valence-electron chi connectivity index (χ1n) is 7.92. The minimum Gasteiger partial charge on any atom is -0.450 e. The van der Waals surface area contributed by atoms with Crippen molar-refractivity contribution in [2.45, 2.75) is 19.3 Å². The second-order valence-electron chi connectivity index (χ2n) is 5.70. The highest BCUT2D eigenvalue weighted by Crippen LogP contribution is 2.32. The molecule has 6 nitrogen and oxygen atoms in total. The van der Waals surface area contributed by atoms with Gasteiger partial charge in [0.1, 0.15) is 5.75 Å². The van der Waals surface area contributed by atoms with Gasteiger partial charge in [0.2, 0.25) is 11.7 Å². The van der Waals surface area contributed by atoms with Crippen molar-refractivity contribution in [3.63, 3.8) is 0 Å². The Morgan fingerprint density at radius 1 is 1.04 bits per heavy atom. The van der Waals surface area contributed by atoms with E-state index in [0.717, 1.165) is 31.5 Å². The standard InChI is InChI=1S/C18H18N2O4/c21-18(19-11-5-6-12-19)13-14-7-1-3-9-16(14)24-17-10-4-2-8-15(17)20(22)23/h1-4,7-10H,5-6,11-13H2. The molecule has 1 amide bonds. The van der Waals surface area contributed by atoms with Crippen LogP contribution in [0.1, 0.15) is 18.4 Å². The lowest BCUT2D eigenvalue weighted by atomic mass is 10.1. The smallest absolute Gasteiger partial charge is 0.311 e. The number of amides is 1. The van der Waals surface area contributed by atoms with Crippen molar-refractivity contribution in [2.24, 2.45) is 0 Å². The Morgan fingerprint density at radius 3 is 2.38 bits per heavy atom. The van der Waals surface area contributed by atoms with E-state index in [1.165, 1.54) is 6.07 Å². The third-order valence-corrected chi connectivity index (χ3v) is 4.05. The Bertz CT molecular complexity index is 754. The van der Waals surface area contributed by atoms with Gasteiger partial charge in [0, 0.05) is 24.7 Å². The fourth-order valence-electron chi connectivity index (χ4n) is 2.80. The number of carbonyl (C=O) groups excluding carboxylic acids is 1. The molecule has 1 aliphatic rings. The highest BCUT2D eigenvalue weighted by atomic mass is 16.6. The van der Waals surface area contributed by atoms with E-state index in [2.05, 4.69) is 0 Å². The fraction of sp³-hybridized carbons (Fsp3) is 0.278. The third-order valence-electron chi connectivity index (χ3n) is 4.05. The van der Waals surface area contributed by atoms with Crippen LogP contribution >= 0.6 is 0 Å². The summed E-state index contributed by atoms with van der Waals surface area (Å²) in [6.07, 6.45) is 2.32. The van der Waals surface area contributed by atoms with Gasteiger partial charge in [-0.1, -0.05) is 30.3 Å². The Balaban J connectivity index is 1.82. The summed E-state index contributed by atoms with van der Waals surface area (Å²) in [5.41, 5.74) is 0.630. The zero-order valence-electron chi connectivity index (χ0n) is 13.2. The van der Waals surface area contributed by atoms with Crippen LogP contribution in [0.5, 0.6) is 11.5 Å². The number of nitro benzene ring substituents is 1. The van der Waals surface area contributed by atoms with E-state index >= 15 is 0 Å². The summed E-state index contributed by atoms with van der Waals surface area (Å²) < 4.78 is 5.75. The van der Waals surface area contributed by atoms with Crippen LogP contribution in [0, 0.1) is 10.1 Å². The highest BCUT2D eigenvalue weighted by Gasteiger charge is 2.20. The number of carbonyl (C=O) groups is 1. The molecule has 2 aromatic rings. The van der Waals surface area contributed by atoms with Crippen molar-refractivity contribution < 1.29 is 14.5 Å². The minimum absolute atomic E-state index is 0.0612. The van der Waals surface area contributed by atoms with Crippen molar-refractivity contribution >= 4 is 11.6 Å². The average molecular weight is 326 g/mol. The zero-order chi connectivity index (χ0) is 16.9. The molecule has 0 spiro atoms. The van der Waals surface area contributed by atoms with Crippen molar-refractivity contribution in [1.82, 2.24) is 4.90 Å². The van der Waals surface area contributed by atoms with E-state index in [0.29, 0.717) is 5.75 Å². The van der Waals surface area contributed by atoms with Crippen LogP contribution in [0.4, 0.5) is 5.69 Å². The summed E-state index contributed by atoms with van der Waals surface area (Å²) in [7, 11) is 0. The van der Waals surface area contributed by atoms with Crippen molar-refractivity contribution in [3.05, 3.63) is 64.2 Å². The molecule has 1 fully saturated rings. The lowest BCUT2D eigenvalue weighted by molar-refractivity contribution is -0.385. The molecule has 24 heavy (non-hydrogen) atoms. The summed E-state index contributed by atoms with van der Waals surface area (Å²) in [6, 6.07) is 13.4. The maximum atomic E-state index is 12.4. The van der Waals surface area contributed by atoms with Gasteiger partial charge in [-0.2, -0.15) is 0 Å². The Labute approximate surface area is 139 Å². The molecule has 1 aliphatic heterocycles. The predicted octanol–water partition coefficient (Wildman–Crippen LogP) is 3.55. The molecule has 0 bridgehead atoms. The maximum Gasteiger partial charge on any atom is 0.311 e. The van der Waals surface area contributed by atoms with Crippen LogP contribution in [-0.2, 0) is 11.2 Å². The lowest BCUT2D eigenvalue weighted by Crippen LogP contribution is -2.29. The van der Waals surface area contributed by atoms with Gasteiger partial charge in [-0.15, -0.1) is 0 Å². The first-order valence-corrected chi connectivity index (χ1v) is 7.92. The summed E-state index contributed by atoms with van der Waals surface area (Å²) in [4.78, 5) is 24.8. The topological polar surface area (TPSA) is 72.7 Å². The normalized spacial score (nSPS) is 13.8. The van der Waals surface area contributed by atoms with E-state index in [-0.39, 0.29) is 23.8 Å². The zero-order valence-corrected chi connectivity index (χ0v) is 13.2. The average Bonchev–Trinajstić information content (AvgIpc) is 3.11. The largest absolute Gasteiger partial charge is 0.450 e. The number of rotatable bonds is 5. The van der Waals surface area contributed by atoms with E-state index in [1.807, 2.05) is 17.0 Å². The Hall–Kier alpha value is -2.89. The molecule has 1 heterocycles. The Kier molecular flexibility index (Phi) is 4.74. The molecule has 2 aromatic carbocycles. The van der Waals surface area contributed by atoms with Crippen molar-refractivity contribution in [1.29, 1.82) is 0 Å². The van der Waals surface area contributed by atoms with Crippen LogP contribution in [0.25, 0.3) is 0 Å². The van der Waals surface area contributed by atoms with Gasteiger partial charge in [0.25, 0.3) is 0 Å². The molecule has 3 rings (SSSR count). The third kappa shape index (κ3) is 3.53. The summed E-state index contributed by atoms with van der Waals surface area (Å²) >= 11 is 0. The van der Waals surface area contributed by atoms with Gasteiger partial charge in [-0.3, -0.25) is 14.9 Å². The first-order chi connectivity index (χ1) is 11.6. The number of hydrogen-bond acceptors (Lipinski definition) is 4. The Morgan fingerprint density at radius 2 is 1.67 bits per heavy atom. The van der Waals surface area contributed by atoms with E-state index in [4.69, 9.17) is 4.74 Å². The molecular weight excluding hydrogens is 308 g/mol. The number of benzene rings is 2. The number of para-hydroxylation sites is 3. The predicted molar refractivity (Wildman–Crippen MR) is 89.1 cm³/mol. The summed E-state index contributed by atoms with van der Waals surface area (Å²) in [5.74, 6) is 0.703. The van der Waals surface area contributed by atoms with E-state index in [9.17, 15) is 14.9 Å². The molecule has 0 unspecified atom stereocenters. The molecule has 0 radical (unpaired) electrons. The SMILES string of the molecule is O=C(Cc1ccccc1Oc1ccccc1[N+](=O)[O-])N1CCCC1. The maximum absolute atomic E-state index is 12.4. The van der Waals surface area contributed by atoms with Gasteiger partial charge in [-0.05, 0) is 25.0 Å². The molecule has 0 aromatic heterocycles. The van der Waals surface area contributed by atoms with Gasteiger partial charge in [0.05, 0.1) is 11.3 Å². The molecule has 0 aliphatic carbocycles. The number of hydrogen-bond donors (Lipinski definition) is 0. The van der Waals surface area contributed by atoms with Crippen molar-refractivity contribution in [2.75, 3.05) is 13.1 Å². The van der Waals surface area contributed by atoms with Gasteiger partial charge < -0.3 is 9.64 Å². The molecule has 0 N–H and O–H groups in total. The van der Waals surface area contributed by atoms with Crippen LogP contribution in [0.15, 0.2) is 48.5 Å². The number of nitro groups is 1. The van der Waals surface area contributed by atoms with E-state index < -0.39 is 4.92 Å². The number of likely N-dealkylation sites (tertiary alicyclic amines) is 1. The second kappa shape index (κ2) is 7.12. The molecule has 6 heteroatoms. The minimum atomic E-state index is -0.479. The van der Waals surface area contributed by atoms with Gasteiger partial charge in [0.15, 0.2) is 0 Å². The highest BCUT2D eigenvalue weighted by molar-refractivity contribution is 5.79. The molecule has 0 saturated carbocycles. The van der Waals surface area contributed by atoms with E-state index in [1.54, 1.807) is 30.3 Å². The van der Waals surface area contributed by atoms with Gasteiger partial charge >= 0.3 is 5.69 Å². The van der Waals surface area contributed by atoms with Crippen LogP contribution in [-0.4, -0.2) is 28.8 Å². The molecular formula is C18H18N2O4. The first kappa shape index (κ1) is 16.0. The fourth-order valence-corrected chi connectivity index (χ4v) is 2.80. The van der Waals surface area contributed by atoms with Crippen LogP contribution in [0.3, 0.4) is 0 Å². The summed E-state index contributed by atoms with van der Waals surface area (Å²) in [5, 5.41) is 11.1. The number of ether oxygens (including phenoxy) is 1.